The monoisotopic (exact) mass is 281 g/mol. The van der Waals surface area contributed by atoms with E-state index < -0.39 is 18.5 Å². The Morgan fingerprint density at radius 2 is 2.00 bits per heavy atom. The number of nitrogen functional groups attached to an aromatic ring is 1. The number of carbonyl (C=O) groups excluding carboxylic acids is 2. The highest BCUT2D eigenvalue weighted by molar-refractivity contribution is 5.98. The zero-order valence-corrected chi connectivity index (χ0v) is 11.7. The van der Waals surface area contributed by atoms with Crippen molar-refractivity contribution in [3.05, 3.63) is 23.8 Å². The number of unbranched alkanes of at least 4 members (excludes halogenated alkanes) is 1. The molecule has 0 aliphatic carbocycles. The number of anilines is 1. The Morgan fingerprint density at radius 3 is 2.65 bits per heavy atom. The van der Waals surface area contributed by atoms with Gasteiger partial charge in [-0.3, -0.25) is 0 Å². The predicted octanol–water partition coefficient (Wildman–Crippen LogP) is 1.78. The molecule has 0 aliphatic heterocycles. The fourth-order valence-corrected chi connectivity index (χ4v) is 1.51. The average molecular weight is 281 g/mol. The number of rotatable bonds is 7. The van der Waals surface area contributed by atoms with E-state index in [0.29, 0.717) is 12.4 Å². The van der Waals surface area contributed by atoms with Gasteiger partial charge in [0.1, 0.15) is 11.3 Å². The van der Waals surface area contributed by atoms with Crippen molar-refractivity contribution >= 4 is 17.6 Å². The molecular formula is C14H19NO5. The van der Waals surface area contributed by atoms with Crippen LogP contribution < -0.4 is 10.5 Å². The maximum Gasteiger partial charge on any atom is 0.344 e. The fraction of sp³-hybridized carbons (Fsp3) is 0.429. The van der Waals surface area contributed by atoms with Gasteiger partial charge in [-0.15, -0.1) is 0 Å². The molecule has 0 aromatic heterocycles. The van der Waals surface area contributed by atoms with Gasteiger partial charge in [0.2, 0.25) is 0 Å². The number of ether oxygens (including phenoxy) is 3. The summed E-state index contributed by atoms with van der Waals surface area (Å²) in [6.07, 6.45) is 1.70. The third kappa shape index (κ3) is 4.46. The van der Waals surface area contributed by atoms with Gasteiger partial charge in [-0.05, 0) is 18.6 Å². The van der Waals surface area contributed by atoms with Gasteiger partial charge in [-0.1, -0.05) is 19.4 Å². The molecule has 0 heterocycles. The van der Waals surface area contributed by atoms with Crippen LogP contribution in [0.3, 0.4) is 0 Å². The van der Waals surface area contributed by atoms with Gasteiger partial charge in [0.05, 0.1) is 13.7 Å². The number of hydrogen-bond donors (Lipinski definition) is 1. The highest BCUT2D eigenvalue weighted by Gasteiger charge is 2.18. The number of benzene rings is 1. The smallest absolute Gasteiger partial charge is 0.344 e. The van der Waals surface area contributed by atoms with E-state index in [9.17, 15) is 9.59 Å². The Morgan fingerprint density at radius 1 is 1.25 bits per heavy atom. The van der Waals surface area contributed by atoms with Crippen LogP contribution in [0, 0.1) is 0 Å². The molecule has 2 N–H and O–H groups in total. The van der Waals surface area contributed by atoms with Crippen LogP contribution in [0.5, 0.6) is 5.75 Å². The number of esters is 2. The van der Waals surface area contributed by atoms with Crippen LogP contribution in [-0.4, -0.2) is 32.3 Å². The summed E-state index contributed by atoms with van der Waals surface area (Å²) in [5, 5.41) is 0. The molecule has 0 aliphatic rings. The summed E-state index contributed by atoms with van der Waals surface area (Å²) in [4.78, 5) is 23.2. The first kappa shape index (κ1) is 15.8. The summed E-state index contributed by atoms with van der Waals surface area (Å²) >= 11 is 0. The van der Waals surface area contributed by atoms with Gasteiger partial charge < -0.3 is 19.9 Å². The molecule has 1 rings (SSSR count). The SMILES string of the molecule is CCCCOC(=O)COC(=O)c1c(N)cccc1OC. The summed E-state index contributed by atoms with van der Waals surface area (Å²) in [5.41, 5.74) is 6.04. The molecule has 1 aromatic carbocycles. The van der Waals surface area contributed by atoms with E-state index in [4.69, 9.17) is 19.9 Å². The largest absolute Gasteiger partial charge is 0.496 e. The van der Waals surface area contributed by atoms with Crippen molar-refractivity contribution in [2.75, 3.05) is 26.1 Å². The van der Waals surface area contributed by atoms with Crippen LogP contribution in [-0.2, 0) is 14.3 Å². The number of hydrogen-bond acceptors (Lipinski definition) is 6. The van der Waals surface area contributed by atoms with E-state index >= 15 is 0 Å². The Balaban J connectivity index is 2.57. The third-order valence-electron chi connectivity index (χ3n) is 2.56. The average Bonchev–Trinajstić information content (AvgIpc) is 2.44. The summed E-state index contributed by atoms with van der Waals surface area (Å²) < 4.78 is 14.8. The first-order valence-electron chi connectivity index (χ1n) is 6.35. The molecule has 0 saturated carbocycles. The molecule has 0 unspecified atom stereocenters. The molecule has 1 aromatic rings. The van der Waals surface area contributed by atoms with Gasteiger partial charge in [0, 0.05) is 5.69 Å². The Kier molecular flexibility index (Phi) is 6.36. The number of nitrogens with two attached hydrogens (primary N) is 1. The summed E-state index contributed by atoms with van der Waals surface area (Å²) in [6.45, 7) is 1.86. The quantitative estimate of drug-likeness (QED) is 0.465. The van der Waals surface area contributed by atoms with Gasteiger partial charge >= 0.3 is 11.9 Å². The van der Waals surface area contributed by atoms with Crippen LogP contribution >= 0.6 is 0 Å². The number of methoxy groups -OCH3 is 1. The zero-order valence-electron chi connectivity index (χ0n) is 11.7. The lowest BCUT2D eigenvalue weighted by molar-refractivity contribution is -0.147. The molecule has 110 valence electrons. The zero-order chi connectivity index (χ0) is 15.0. The minimum Gasteiger partial charge on any atom is -0.496 e. The first-order chi connectivity index (χ1) is 9.60. The van der Waals surface area contributed by atoms with Gasteiger partial charge in [-0.2, -0.15) is 0 Å². The third-order valence-corrected chi connectivity index (χ3v) is 2.56. The molecule has 0 radical (unpaired) electrons. The fourth-order valence-electron chi connectivity index (χ4n) is 1.51. The summed E-state index contributed by atoms with van der Waals surface area (Å²) in [5.74, 6) is -0.998. The van der Waals surface area contributed by atoms with E-state index in [0.717, 1.165) is 12.8 Å². The Labute approximate surface area is 117 Å². The topological polar surface area (TPSA) is 87.9 Å². The van der Waals surface area contributed by atoms with E-state index in [2.05, 4.69) is 0 Å². The van der Waals surface area contributed by atoms with Crippen LogP contribution in [0.25, 0.3) is 0 Å². The molecule has 0 bridgehead atoms. The number of carbonyl (C=O) groups is 2. The predicted molar refractivity (Wildman–Crippen MR) is 73.6 cm³/mol. The molecular weight excluding hydrogens is 262 g/mol. The lowest BCUT2D eigenvalue weighted by Gasteiger charge is -2.10. The summed E-state index contributed by atoms with van der Waals surface area (Å²) in [6, 6.07) is 4.80. The van der Waals surface area contributed by atoms with Crippen molar-refractivity contribution in [3.8, 4) is 5.75 Å². The first-order valence-corrected chi connectivity index (χ1v) is 6.35. The normalized spacial score (nSPS) is 9.90. The molecule has 6 nitrogen and oxygen atoms in total. The second kappa shape index (κ2) is 8.04. The maximum atomic E-state index is 11.9. The van der Waals surface area contributed by atoms with Gasteiger partial charge in [0.25, 0.3) is 0 Å². The molecule has 0 saturated heterocycles. The van der Waals surface area contributed by atoms with E-state index in [1.807, 2.05) is 6.92 Å². The molecule has 0 fully saturated rings. The van der Waals surface area contributed by atoms with Crippen LogP contribution in [0.15, 0.2) is 18.2 Å². The van der Waals surface area contributed by atoms with E-state index in [1.54, 1.807) is 18.2 Å². The maximum absolute atomic E-state index is 11.9. The van der Waals surface area contributed by atoms with Crippen molar-refractivity contribution in [3.63, 3.8) is 0 Å². The van der Waals surface area contributed by atoms with Crippen LogP contribution in [0.4, 0.5) is 5.69 Å². The summed E-state index contributed by atoms with van der Waals surface area (Å²) in [7, 11) is 1.42. The molecule has 20 heavy (non-hydrogen) atoms. The van der Waals surface area contributed by atoms with Crippen molar-refractivity contribution in [1.82, 2.24) is 0 Å². The lowest BCUT2D eigenvalue weighted by atomic mass is 10.1. The second-order valence-corrected chi connectivity index (χ2v) is 4.07. The molecule has 6 heteroatoms. The molecule has 0 spiro atoms. The second-order valence-electron chi connectivity index (χ2n) is 4.07. The van der Waals surface area contributed by atoms with Gasteiger partial charge in [0.15, 0.2) is 6.61 Å². The van der Waals surface area contributed by atoms with Crippen LogP contribution in [0.2, 0.25) is 0 Å². The lowest BCUT2D eigenvalue weighted by Crippen LogP contribution is -2.18. The van der Waals surface area contributed by atoms with Gasteiger partial charge in [-0.25, -0.2) is 9.59 Å². The Bertz CT molecular complexity index is 473. The van der Waals surface area contributed by atoms with Crippen LogP contribution in [0.1, 0.15) is 30.1 Å². The minimum absolute atomic E-state index is 0.108. The van der Waals surface area contributed by atoms with E-state index in [1.165, 1.54) is 7.11 Å². The Hall–Kier alpha value is -2.24. The van der Waals surface area contributed by atoms with Crippen molar-refractivity contribution in [2.45, 2.75) is 19.8 Å². The highest BCUT2D eigenvalue weighted by atomic mass is 16.6. The molecule has 0 amide bonds. The van der Waals surface area contributed by atoms with Crippen molar-refractivity contribution in [1.29, 1.82) is 0 Å². The molecule has 0 atom stereocenters. The van der Waals surface area contributed by atoms with Crippen molar-refractivity contribution < 1.29 is 23.8 Å². The van der Waals surface area contributed by atoms with E-state index in [-0.39, 0.29) is 11.3 Å². The minimum atomic E-state index is -0.715. The highest BCUT2D eigenvalue weighted by Crippen LogP contribution is 2.24. The standard InChI is InChI=1S/C14H19NO5/c1-3-4-8-19-12(16)9-20-14(17)13-10(15)6-5-7-11(13)18-2/h5-7H,3-4,8-9,15H2,1-2H3. The van der Waals surface area contributed by atoms with Crippen molar-refractivity contribution in [2.24, 2.45) is 0 Å².